The molecule has 0 fully saturated rings. The van der Waals surface area contributed by atoms with E-state index in [2.05, 4.69) is 4.74 Å². The zero-order chi connectivity index (χ0) is 20.5. The lowest BCUT2D eigenvalue weighted by atomic mass is 10.2. The van der Waals surface area contributed by atoms with Gasteiger partial charge in [0, 0.05) is 11.6 Å². The van der Waals surface area contributed by atoms with Crippen LogP contribution in [0.1, 0.15) is 18.1 Å². The Kier molecular flexibility index (Phi) is 8.07. The van der Waals surface area contributed by atoms with Crippen molar-refractivity contribution >= 4 is 23.6 Å². The number of alkyl halides is 2. The normalized spacial score (nSPS) is 10.9. The molecule has 28 heavy (non-hydrogen) atoms. The summed E-state index contributed by atoms with van der Waals surface area (Å²) in [6.45, 7) is -0.930. The van der Waals surface area contributed by atoms with Crippen molar-refractivity contribution in [3.05, 3.63) is 58.6 Å². The lowest BCUT2D eigenvalue weighted by molar-refractivity contribution is -0.139. The van der Waals surface area contributed by atoms with Crippen molar-refractivity contribution in [2.45, 2.75) is 20.1 Å². The molecule has 0 aliphatic heterocycles. The van der Waals surface area contributed by atoms with Gasteiger partial charge in [0.05, 0.1) is 18.7 Å². The van der Waals surface area contributed by atoms with E-state index in [1.807, 2.05) is 6.92 Å². The number of carbonyl (C=O) groups is 1. The molecule has 0 aromatic heterocycles. The third-order valence-corrected chi connectivity index (χ3v) is 3.79. The summed E-state index contributed by atoms with van der Waals surface area (Å²) in [6.07, 6.45) is 2.70. The molecule has 0 bridgehead atoms. The summed E-state index contributed by atoms with van der Waals surface area (Å²) in [5.41, 5.74) is 0.934. The third-order valence-electron chi connectivity index (χ3n) is 3.51. The van der Waals surface area contributed by atoms with E-state index in [0.29, 0.717) is 34.3 Å². The summed E-state index contributed by atoms with van der Waals surface area (Å²) in [7, 11) is 1.48. The van der Waals surface area contributed by atoms with Crippen LogP contribution in [-0.2, 0) is 16.1 Å². The second-order valence-electron chi connectivity index (χ2n) is 5.39. The van der Waals surface area contributed by atoms with E-state index >= 15 is 0 Å². The molecule has 0 aliphatic rings. The summed E-state index contributed by atoms with van der Waals surface area (Å²) in [5.74, 6) is 0.150. The van der Waals surface area contributed by atoms with Gasteiger partial charge in [-0.1, -0.05) is 29.8 Å². The van der Waals surface area contributed by atoms with Gasteiger partial charge in [-0.25, -0.2) is 4.79 Å². The molecule has 0 radical (unpaired) electrons. The van der Waals surface area contributed by atoms with Crippen LogP contribution in [0.15, 0.2) is 42.5 Å². The highest BCUT2D eigenvalue weighted by Crippen LogP contribution is 2.36. The molecule has 0 spiro atoms. The first-order valence-corrected chi connectivity index (χ1v) is 8.70. The minimum Gasteiger partial charge on any atom is -0.491 e. The number of halogens is 3. The molecule has 150 valence electrons. The van der Waals surface area contributed by atoms with Crippen molar-refractivity contribution in [3.63, 3.8) is 0 Å². The van der Waals surface area contributed by atoms with Gasteiger partial charge in [0.1, 0.15) is 12.4 Å². The van der Waals surface area contributed by atoms with E-state index in [1.54, 1.807) is 24.3 Å². The fraction of sp³-hybridized carbons (Fsp3) is 0.250. The van der Waals surface area contributed by atoms with E-state index in [4.69, 9.17) is 25.8 Å². The first kappa shape index (κ1) is 21.5. The largest absolute Gasteiger partial charge is 0.491 e. The minimum absolute atomic E-state index is 0.0439. The lowest BCUT2D eigenvalue weighted by Gasteiger charge is -2.12. The summed E-state index contributed by atoms with van der Waals surface area (Å²) < 4.78 is 45.0. The molecular formula is C20H19ClF2O5. The molecule has 0 saturated carbocycles. The van der Waals surface area contributed by atoms with E-state index < -0.39 is 12.6 Å². The molecule has 2 aromatic rings. The van der Waals surface area contributed by atoms with E-state index in [9.17, 15) is 13.6 Å². The molecule has 2 rings (SSSR count). The highest BCUT2D eigenvalue weighted by Gasteiger charge is 2.12. The zero-order valence-electron chi connectivity index (χ0n) is 15.3. The van der Waals surface area contributed by atoms with Crippen LogP contribution in [-0.4, -0.2) is 26.3 Å². The quantitative estimate of drug-likeness (QED) is 0.423. The molecule has 8 heteroatoms. The van der Waals surface area contributed by atoms with Crippen molar-refractivity contribution in [1.29, 1.82) is 0 Å². The Morgan fingerprint density at radius 3 is 2.64 bits per heavy atom. The number of methoxy groups -OCH3 is 1. The van der Waals surface area contributed by atoms with Crippen LogP contribution in [0.25, 0.3) is 6.08 Å². The molecule has 0 heterocycles. The second-order valence-corrected chi connectivity index (χ2v) is 5.80. The van der Waals surface area contributed by atoms with Crippen LogP contribution in [0.3, 0.4) is 0 Å². The molecule has 0 atom stereocenters. The monoisotopic (exact) mass is 412 g/mol. The van der Waals surface area contributed by atoms with Gasteiger partial charge < -0.3 is 18.9 Å². The van der Waals surface area contributed by atoms with Crippen molar-refractivity contribution < 1.29 is 32.5 Å². The van der Waals surface area contributed by atoms with E-state index in [-0.39, 0.29) is 12.4 Å². The van der Waals surface area contributed by atoms with E-state index in [1.165, 1.54) is 31.4 Å². The first-order valence-electron chi connectivity index (χ1n) is 8.32. The van der Waals surface area contributed by atoms with Crippen LogP contribution in [0.2, 0.25) is 5.02 Å². The maximum atomic E-state index is 12.4. The SMILES string of the molecule is CCOc1cc(/C=C/C(=O)OCc2ccccc2OC(F)F)cc(Cl)c1OC. The zero-order valence-corrected chi connectivity index (χ0v) is 16.0. The van der Waals surface area contributed by atoms with Gasteiger partial charge in [0.25, 0.3) is 0 Å². The van der Waals surface area contributed by atoms with Gasteiger partial charge in [-0.05, 0) is 36.8 Å². The summed E-state index contributed by atoms with van der Waals surface area (Å²) in [4.78, 5) is 12.0. The Bertz CT molecular complexity index is 839. The number of ether oxygens (including phenoxy) is 4. The van der Waals surface area contributed by atoms with Crippen molar-refractivity contribution in [2.24, 2.45) is 0 Å². The molecule has 5 nitrogen and oxygen atoms in total. The maximum Gasteiger partial charge on any atom is 0.387 e. The van der Waals surface area contributed by atoms with Gasteiger partial charge in [-0.3, -0.25) is 0 Å². The van der Waals surface area contributed by atoms with Crippen LogP contribution in [0, 0.1) is 0 Å². The molecular weight excluding hydrogens is 394 g/mol. The second kappa shape index (κ2) is 10.5. The fourth-order valence-corrected chi connectivity index (χ4v) is 2.64. The molecule has 0 aliphatic carbocycles. The van der Waals surface area contributed by atoms with Crippen LogP contribution in [0.5, 0.6) is 17.2 Å². The number of carbonyl (C=O) groups excluding carboxylic acids is 1. The molecule has 0 N–H and O–H groups in total. The number of hydrogen-bond donors (Lipinski definition) is 0. The topological polar surface area (TPSA) is 54.0 Å². The number of esters is 1. The van der Waals surface area contributed by atoms with Gasteiger partial charge >= 0.3 is 12.6 Å². The lowest BCUT2D eigenvalue weighted by Crippen LogP contribution is -2.06. The fourth-order valence-electron chi connectivity index (χ4n) is 2.34. The summed E-state index contributed by atoms with van der Waals surface area (Å²) >= 11 is 6.16. The number of benzene rings is 2. The Morgan fingerprint density at radius 2 is 1.96 bits per heavy atom. The summed E-state index contributed by atoms with van der Waals surface area (Å²) in [5, 5.41) is 0.333. The van der Waals surface area contributed by atoms with Gasteiger partial charge in [0.15, 0.2) is 11.5 Å². The predicted octanol–water partition coefficient (Wildman–Crippen LogP) is 5.11. The van der Waals surface area contributed by atoms with Crippen molar-refractivity contribution in [1.82, 2.24) is 0 Å². The minimum atomic E-state index is -2.96. The highest BCUT2D eigenvalue weighted by atomic mass is 35.5. The standard InChI is InChI=1S/C20H19ClF2O5/c1-3-26-17-11-13(10-15(21)19(17)25-2)8-9-18(24)27-12-14-6-4-5-7-16(14)28-20(22)23/h4-11,20H,3,12H2,1-2H3/b9-8+. The average Bonchev–Trinajstić information content (AvgIpc) is 2.65. The maximum absolute atomic E-state index is 12.4. The van der Waals surface area contributed by atoms with Crippen LogP contribution < -0.4 is 14.2 Å². The predicted molar refractivity (Wildman–Crippen MR) is 101 cm³/mol. The van der Waals surface area contributed by atoms with E-state index in [0.717, 1.165) is 0 Å². The van der Waals surface area contributed by atoms with Gasteiger partial charge in [0.2, 0.25) is 0 Å². The first-order chi connectivity index (χ1) is 13.4. The van der Waals surface area contributed by atoms with Crippen molar-refractivity contribution in [2.75, 3.05) is 13.7 Å². The summed E-state index contributed by atoms with van der Waals surface area (Å²) in [6, 6.07) is 9.37. The highest BCUT2D eigenvalue weighted by molar-refractivity contribution is 6.32. The van der Waals surface area contributed by atoms with Crippen LogP contribution in [0.4, 0.5) is 8.78 Å². The number of para-hydroxylation sites is 1. The average molecular weight is 413 g/mol. The number of hydrogen-bond acceptors (Lipinski definition) is 5. The van der Waals surface area contributed by atoms with Gasteiger partial charge in [-0.15, -0.1) is 0 Å². The Hall–Kier alpha value is -2.80. The van der Waals surface area contributed by atoms with Gasteiger partial charge in [-0.2, -0.15) is 8.78 Å². The van der Waals surface area contributed by atoms with Crippen LogP contribution >= 0.6 is 11.6 Å². The third kappa shape index (κ3) is 6.13. The smallest absolute Gasteiger partial charge is 0.387 e. The van der Waals surface area contributed by atoms with Crippen molar-refractivity contribution in [3.8, 4) is 17.2 Å². The Balaban J connectivity index is 2.05. The molecule has 0 amide bonds. The molecule has 0 unspecified atom stereocenters. The Labute approximate surface area is 166 Å². The Morgan fingerprint density at radius 1 is 1.21 bits per heavy atom. The number of rotatable bonds is 9. The molecule has 2 aromatic carbocycles. The molecule has 0 saturated heterocycles.